The molecule has 0 saturated carbocycles. The lowest BCUT2D eigenvalue weighted by Gasteiger charge is -2.23. The molecule has 4 aromatic rings. The number of aliphatic carboxylic acids is 1. The summed E-state index contributed by atoms with van der Waals surface area (Å²) in [6, 6.07) is 25.4. The number of rotatable bonds is 15. The first kappa shape index (κ1) is 45.6. The van der Waals surface area contributed by atoms with Crippen LogP contribution in [0.4, 0.5) is 0 Å². The van der Waals surface area contributed by atoms with E-state index in [1.165, 1.54) is 33.4 Å². The van der Waals surface area contributed by atoms with Crippen LogP contribution in [0.25, 0.3) is 0 Å². The number of thioether (sulfide) groups is 3. The van der Waals surface area contributed by atoms with Gasteiger partial charge < -0.3 is 5.11 Å². The van der Waals surface area contributed by atoms with Gasteiger partial charge in [-0.25, -0.2) is 10.8 Å². The average Bonchev–Trinajstić information content (AvgIpc) is 3.63. The van der Waals surface area contributed by atoms with Gasteiger partial charge in [0.2, 0.25) is 11.8 Å². The van der Waals surface area contributed by atoms with Crippen LogP contribution in [0.15, 0.2) is 91.5 Å². The van der Waals surface area contributed by atoms with E-state index in [1.807, 2.05) is 25.6 Å². The molecular formula is C42H58N4O4S3. The first-order valence-electron chi connectivity index (χ1n) is 17.6. The molecule has 3 aromatic carbocycles. The van der Waals surface area contributed by atoms with E-state index in [-0.39, 0.29) is 32.5 Å². The number of amides is 1. The minimum absolute atomic E-state index is 0.0870. The quantitative estimate of drug-likeness (QED) is 0.0614. The fourth-order valence-electron chi connectivity index (χ4n) is 4.71. The molecule has 0 aliphatic carbocycles. The van der Waals surface area contributed by atoms with Gasteiger partial charge in [0.15, 0.2) is 0 Å². The Morgan fingerprint density at radius 2 is 1.00 bits per heavy atom. The maximum absolute atomic E-state index is 12.1. The van der Waals surface area contributed by atoms with Gasteiger partial charge in [-0.2, -0.15) is 35.3 Å². The second-order valence-corrected chi connectivity index (χ2v) is 20.0. The number of nitrogens with two attached hydrogens (primary N) is 1. The van der Waals surface area contributed by atoms with E-state index in [0.29, 0.717) is 12.8 Å². The third kappa shape index (κ3) is 19.9. The summed E-state index contributed by atoms with van der Waals surface area (Å²) in [6.45, 7) is 18.5. The smallest absolute Gasteiger partial charge is 0.304 e. The molecule has 0 aliphatic rings. The molecule has 0 atom stereocenters. The zero-order valence-electron chi connectivity index (χ0n) is 32.8. The van der Waals surface area contributed by atoms with Crippen molar-refractivity contribution in [2.45, 2.75) is 113 Å². The number of carbonyl (C=O) groups is 3. The Morgan fingerprint density at radius 3 is 1.32 bits per heavy atom. The first-order valence-corrected chi connectivity index (χ1v) is 20.5. The van der Waals surface area contributed by atoms with Crippen LogP contribution in [0.2, 0.25) is 0 Å². The van der Waals surface area contributed by atoms with Crippen molar-refractivity contribution in [3.63, 3.8) is 0 Å². The van der Waals surface area contributed by atoms with Crippen LogP contribution in [0.5, 0.6) is 0 Å². The number of hydrazine groups is 1. The van der Waals surface area contributed by atoms with Crippen LogP contribution in [-0.2, 0) is 26.8 Å². The van der Waals surface area contributed by atoms with E-state index < -0.39 is 5.97 Å². The van der Waals surface area contributed by atoms with Crippen molar-refractivity contribution >= 4 is 53.1 Å². The fraction of sp³-hybridized carbons (Fsp3) is 0.429. The molecule has 0 aliphatic heterocycles. The Bertz CT molecular complexity index is 1690. The largest absolute Gasteiger partial charge is 0.481 e. The highest BCUT2D eigenvalue weighted by molar-refractivity contribution is 8.00. The minimum Gasteiger partial charge on any atom is -0.481 e. The molecule has 0 saturated heterocycles. The maximum Gasteiger partial charge on any atom is 0.304 e. The van der Waals surface area contributed by atoms with Crippen LogP contribution in [0, 0.1) is 20.8 Å². The Kier molecular flexibility index (Phi) is 19.0. The van der Waals surface area contributed by atoms with Gasteiger partial charge in [-0.3, -0.25) is 24.4 Å². The number of carboxylic acids is 1. The van der Waals surface area contributed by atoms with Crippen LogP contribution in [0.3, 0.4) is 0 Å². The minimum atomic E-state index is -0.735. The number of hydrogen-bond donors (Lipinski definition) is 3. The lowest BCUT2D eigenvalue weighted by Crippen LogP contribution is -2.35. The molecule has 0 unspecified atom stereocenters. The van der Waals surface area contributed by atoms with E-state index in [2.05, 4.69) is 132 Å². The van der Waals surface area contributed by atoms with Crippen molar-refractivity contribution in [1.29, 1.82) is 0 Å². The first-order chi connectivity index (χ1) is 24.8. The number of nitrogens with one attached hydrogen (secondary N) is 1. The molecule has 0 spiro atoms. The average molecular weight is 779 g/mol. The molecule has 0 bridgehead atoms. The van der Waals surface area contributed by atoms with Gasteiger partial charge in [-0.05, 0) is 37.5 Å². The molecule has 1 amide bonds. The number of carboxylic acid groups (broad SMARTS) is 1. The van der Waals surface area contributed by atoms with Gasteiger partial charge in [-0.1, -0.05) is 131 Å². The Balaban J connectivity index is 0.000000277. The second-order valence-electron chi connectivity index (χ2n) is 15.0. The van der Waals surface area contributed by atoms with Crippen LogP contribution >= 0.6 is 35.3 Å². The maximum atomic E-state index is 12.1. The van der Waals surface area contributed by atoms with Crippen molar-refractivity contribution in [1.82, 2.24) is 15.0 Å². The van der Waals surface area contributed by atoms with Gasteiger partial charge in [-0.15, -0.1) is 0 Å². The number of carbonyl (C=O) groups excluding carboxylic acids is 2. The van der Waals surface area contributed by atoms with Gasteiger partial charge in [0.1, 0.15) is 6.33 Å². The van der Waals surface area contributed by atoms with Crippen molar-refractivity contribution in [3.8, 4) is 0 Å². The summed E-state index contributed by atoms with van der Waals surface area (Å²) in [5, 5.41) is 8.77. The molecule has 53 heavy (non-hydrogen) atoms. The monoisotopic (exact) mass is 778 g/mol. The summed E-state index contributed by atoms with van der Waals surface area (Å²) in [5.41, 5.74) is 9.78. The summed E-state index contributed by atoms with van der Waals surface area (Å²) < 4.78 is 1.14. The normalized spacial score (nSPS) is 11.4. The second kappa shape index (κ2) is 22.0. The van der Waals surface area contributed by atoms with Crippen molar-refractivity contribution in [2.75, 3.05) is 0 Å². The van der Waals surface area contributed by atoms with Crippen LogP contribution in [0.1, 0.15) is 99.0 Å². The number of aromatic nitrogens is 2. The van der Waals surface area contributed by atoms with E-state index in [9.17, 15) is 14.4 Å². The molecule has 4 N–H and O–H groups in total. The Morgan fingerprint density at radius 1 is 0.642 bits per heavy atom. The fourth-order valence-corrected chi connectivity index (χ4v) is 7.64. The molecule has 11 heteroatoms. The van der Waals surface area contributed by atoms with E-state index in [1.54, 1.807) is 46.8 Å². The highest BCUT2D eigenvalue weighted by atomic mass is 32.2. The summed E-state index contributed by atoms with van der Waals surface area (Å²) in [7, 11) is 0. The molecule has 1 heterocycles. The van der Waals surface area contributed by atoms with Crippen molar-refractivity contribution < 1.29 is 19.5 Å². The SMILES string of the molecule is Cc1ccc(CSC(C)(C)CC(=O)NN)cc1.Cc1ccc(CSC(C)(C)CC(=O)O)cc1.Cc1ccc(CSC(C)(C)CC(=O)n2ccnc2)cc1. The summed E-state index contributed by atoms with van der Waals surface area (Å²) in [6.07, 6.45) is 6.01. The molecule has 0 radical (unpaired) electrons. The predicted octanol–water partition coefficient (Wildman–Crippen LogP) is 9.80. The lowest BCUT2D eigenvalue weighted by atomic mass is 10.1. The van der Waals surface area contributed by atoms with E-state index in [4.69, 9.17) is 10.9 Å². The van der Waals surface area contributed by atoms with Gasteiger partial charge in [0.25, 0.3) is 0 Å². The summed E-state index contributed by atoms with van der Waals surface area (Å²) in [5.74, 6) is 7.02. The van der Waals surface area contributed by atoms with Crippen LogP contribution < -0.4 is 11.3 Å². The van der Waals surface area contributed by atoms with Crippen LogP contribution in [-0.4, -0.2) is 46.7 Å². The Labute approximate surface area is 329 Å². The molecule has 0 fully saturated rings. The van der Waals surface area contributed by atoms with Crippen molar-refractivity contribution in [2.24, 2.45) is 5.84 Å². The van der Waals surface area contributed by atoms with E-state index in [0.717, 1.165) is 17.3 Å². The number of hydrogen-bond acceptors (Lipinski definition) is 8. The summed E-state index contributed by atoms with van der Waals surface area (Å²) in [4.78, 5) is 37.9. The van der Waals surface area contributed by atoms with Gasteiger partial charge in [0, 0.05) is 56.7 Å². The molecule has 288 valence electrons. The highest BCUT2D eigenvalue weighted by Gasteiger charge is 2.24. The number of imidazole rings is 1. The van der Waals surface area contributed by atoms with Gasteiger partial charge in [0.05, 0.1) is 6.42 Å². The van der Waals surface area contributed by atoms with E-state index >= 15 is 0 Å². The molecule has 1 aromatic heterocycles. The standard InChI is InChI=1S/C16H20N2OS.C13H20N2OS.C13H18O2S/c1-13-4-6-14(7-5-13)11-20-16(2,3)10-15(19)18-9-8-17-12-18;1-10-4-6-11(7-5-10)9-17-13(2,3)8-12(16)15-14;1-10-4-6-11(7-5-10)9-16-13(2,3)8-12(14)15/h4-9,12H,10-11H2,1-3H3;4-7H,8-9,14H2,1-3H3,(H,15,16);4-7H,8-9H2,1-3H3,(H,14,15). The third-order valence-electron chi connectivity index (χ3n) is 7.94. The predicted molar refractivity (Wildman–Crippen MR) is 226 cm³/mol. The number of nitrogens with zero attached hydrogens (tertiary/aromatic N) is 2. The van der Waals surface area contributed by atoms with Gasteiger partial charge >= 0.3 is 5.97 Å². The lowest BCUT2D eigenvalue weighted by molar-refractivity contribution is -0.137. The zero-order chi connectivity index (χ0) is 39.7. The molecule has 8 nitrogen and oxygen atoms in total. The topological polar surface area (TPSA) is 127 Å². The molecule has 4 rings (SSSR count). The highest BCUT2D eigenvalue weighted by Crippen LogP contribution is 2.33. The molecular weight excluding hydrogens is 721 g/mol. The zero-order valence-corrected chi connectivity index (χ0v) is 35.2. The summed E-state index contributed by atoms with van der Waals surface area (Å²) >= 11 is 5.26. The number of benzene rings is 3. The Hall–Kier alpha value is -3.51. The number of aryl methyl sites for hydroxylation is 3. The van der Waals surface area contributed by atoms with Crippen molar-refractivity contribution in [3.05, 3.63) is 125 Å². The third-order valence-corrected chi connectivity index (χ3v) is 12.2.